The molecule has 1 spiro atoms. The van der Waals surface area contributed by atoms with Gasteiger partial charge in [-0.1, -0.05) is 20.8 Å². The Balaban J connectivity index is 1.52. The lowest BCUT2D eigenvalue weighted by atomic mass is 9.84. The van der Waals surface area contributed by atoms with Gasteiger partial charge in [0, 0.05) is 50.7 Å². The number of piperazine rings is 1. The Hall–Kier alpha value is -3.19. The van der Waals surface area contributed by atoms with Crippen LogP contribution in [0.4, 0.5) is 5.82 Å². The third kappa shape index (κ3) is 4.50. The van der Waals surface area contributed by atoms with Crippen LogP contribution in [0, 0.1) is 16.7 Å². The second kappa shape index (κ2) is 8.30. The number of nitrogens with zero attached hydrogens (tertiary/aromatic N) is 6. The zero-order valence-electron chi connectivity index (χ0n) is 20.0. The highest BCUT2D eigenvalue weighted by Gasteiger charge is 2.47. The average molecular weight is 453 g/mol. The van der Waals surface area contributed by atoms with Gasteiger partial charge in [-0.2, -0.15) is 10.2 Å². The molecule has 0 saturated carbocycles. The monoisotopic (exact) mass is 452 g/mol. The summed E-state index contributed by atoms with van der Waals surface area (Å²) in [6.45, 7) is 11.0. The Morgan fingerprint density at radius 2 is 1.97 bits per heavy atom. The molecule has 3 aliphatic rings. The van der Waals surface area contributed by atoms with Gasteiger partial charge in [-0.3, -0.25) is 24.5 Å². The number of carbonyl (C=O) groups excluding carboxylic acids is 2. The maximum absolute atomic E-state index is 12.6. The summed E-state index contributed by atoms with van der Waals surface area (Å²) in [5.74, 6) is 0.681. The molecule has 0 aliphatic carbocycles. The summed E-state index contributed by atoms with van der Waals surface area (Å²) < 4.78 is 0. The standard InChI is InChI=1S/C23H32N8O2/c1-15-20(32)28-23(21(33)26-15)6-8-30(9-7-23)13-17-10-16-12-25-18(11-24)27-19(16)31(29(17)5)14-22(2,3)4/h10,12,15H,6-9,13-14H2,1-5H3,(H,26,33)(H,28,32). The van der Waals surface area contributed by atoms with Gasteiger partial charge in [0.1, 0.15) is 17.6 Å². The molecule has 33 heavy (non-hydrogen) atoms. The largest absolute Gasteiger partial charge is 0.343 e. The van der Waals surface area contributed by atoms with Gasteiger partial charge in [0.15, 0.2) is 5.82 Å². The van der Waals surface area contributed by atoms with Crippen molar-refractivity contribution in [3.63, 3.8) is 0 Å². The molecule has 4 heterocycles. The number of aromatic nitrogens is 2. The Morgan fingerprint density at radius 1 is 1.27 bits per heavy atom. The van der Waals surface area contributed by atoms with E-state index in [0.717, 1.165) is 23.6 Å². The smallest absolute Gasteiger partial charge is 0.246 e. The predicted molar refractivity (Wildman–Crippen MR) is 123 cm³/mol. The first-order valence-electron chi connectivity index (χ1n) is 11.4. The van der Waals surface area contributed by atoms with Crippen LogP contribution in [0.25, 0.3) is 6.08 Å². The van der Waals surface area contributed by atoms with E-state index in [1.807, 2.05) is 13.1 Å². The van der Waals surface area contributed by atoms with Gasteiger partial charge >= 0.3 is 0 Å². The lowest BCUT2D eigenvalue weighted by Crippen LogP contribution is -2.71. The SMILES string of the molecule is CC1NC(=O)C2(CCN(CC3=Cc4cnc(C#N)nc4N(CC(C)(C)C)N3C)CC2)NC1=O. The molecule has 3 aliphatic heterocycles. The van der Waals surface area contributed by atoms with Gasteiger partial charge in [0.05, 0.1) is 0 Å². The molecular formula is C23H32N8O2. The molecule has 0 bridgehead atoms. The van der Waals surface area contributed by atoms with E-state index in [0.29, 0.717) is 32.5 Å². The molecule has 10 heteroatoms. The second-order valence-corrected chi connectivity index (χ2v) is 10.4. The van der Waals surface area contributed by atoms with E-state index in [2.05, 4.69) is 62.4 Å². The van der Waals surface area contributed by atoms with Crippen LogP contribution in [0.3, 0.4) is 0 Å². The van der Waals surface area contributed by atoms with Gasteiger partial charge in [-0.15, -0.1) is 0 Å². The summed E-state index contributed by atoms with van der Waals surface area (Å²) >= 11 is 0. The molecule has 0 radical (unpaired) electrons. The van der Waals surface area contributed by atoms with Crippen LogP contribution in [0.5, 0.6) is 0 Å². The van der Waals surface area contributed by atoms with Gasteiger partial charge < -0.3 is 10.6 Å². The fraction of sp³-hybridized carbons (Fsp3) is 0.609. The number of piperidine rings is 1. The molecule has 10 nitrogen and oxygen atoms in total. The molecule has 2 amide bonds. The third-order valence-electron chi connectivity index (χ3n) is 6.50. The van der Waals surface area contributed by atoms with E-state index in [9.17, 15) is 14.9 Å². The van der Waals surface area contributed by atoms with Gasteiger partial charge in [-0.25, -0.2) is 4.98 Å². The van der Waals surface area contributed by atoms with Crippen molar-refractivity contribution in [2.75, 3.05) is 38.2 Å². The summed E-state index contributed by atoms with van der Waals surface area (Å²) in [7, 11) is 2.01. The van der Waals surface area contributed by atoms with Crippen LogP contribution in [0.1, 0.15) is 51.9 Å². The quantitative estimate of drug-likeness (QED) is 0.694. The highest BCUT2D eigenvalue weighted by atomic mass is 16.2. The van der Waals surface area contributed by atoms with Crippen molar-refractivity contribution in [1.82, 2.24) is 30.5 Å². The highest BCUT2D eigenvalue weighted by molar-refractivity contribution is 5.99. The summed E-state index contributed by atoms with van der Waals surface area (Å²) in [6, 6.07) is 1.54. The van der Waals surface area contributed by atoms with Gasteiger partial charge in [0.25, 0.3) is 0 Å². The van der Waals surface area contributed by atoms with Crippen LogP contribution >= 0.6 is 0 Å². The number of nitrogens with one attached hydrogen (secondary N) is 2. The number of hydrogen-bond acceptors (Lipinski definition) is 8. The zero-order valence-corrected chi connectivity index (χ0v) is 20.0. The topological polar surface area (TPSA) is 117 Å². The molecular weight excluding hydrogens is 420 g/mol. The van der Waals surface area contributed by atoms with Gasteiger partial charge in [-0.05, 0) is 31.3 Å². The summed E-state index contributed by atoms with van der Waals surface area (Å²) in [6.07, 6.45) is 4.92. The number of likely N-dealkylation sites (tertiary alicyclic amines) is 1. The zero-order chi connectivity index (χ0) is 24.0. The molecule has 1 unspecified atom stereocenters. The van der Waals surface area contributed by atoms with Crippen LogP contribution in [-0.4, -0.2) is 76.5 Å². The number of hydrazine groups is 1. The molecule has 0 aromatic carbocycles. The van der Waals surface area contributed by atoms with Crippen molar-refractivity contribution in [2.24, 2.45) is 5.41 Å². The Labute approximate surface area is 194 Å². The maximum Gasteiger partial charge on any atom is 0.246 e. The normalized spacial score (nSPS) is 22.9. The Kier molecular flexibility index (Phi) is 5.78. The molecule has 2 saturated heterocycles. The second-order valence-electron chi connectivity index (χ2n) is 10.4. The van der Waals surface area contributed by atoms with Crippen molar-refractivity contribution in [3.8, 4) is 6.07 Å². The first-order valence-corrected chi connectivity index (χ1v) is 11.4. The predicted octanol–water partition coefficient (Wildman–Crippen LogP) is 0.871. The number of fused-ring (bicyclic) bond motifs is 1. The molecule has 4 rings (SSSR count). The van der Waals surface area contributed by atoms with Crippen LogP contribution in [0.2, 0.25) is 0 Å². The van der Waals surface area contributed by atoms with Gasteiger partial charge in [0.2, 0.25) is 17.6 Å². The van der Waals surface area contributed by atoms with E-state index in [1.54, 1.807) is 13.1 Å². The lowest BCUT2D eigenvalue weighted by molar-refractivity contribution is -0.143. The van der Waals surface area contributed by atoms with Crippen LogP contribution in [-0.2, 0) is 9.59 Å². The maximum atomic E-state index is 12.6. The Morgan fingerprint density at radius 3 is 2.61 bits per heavy atom. The molecule has 1 atom stereocenters. The lowest BCUT2D eigenvalue weighted by Gasteiger charge is -2.46. The van der Waals surface area contributed by atoms with Crippen molar-refractivity contribution in [1.29, 1.82) is 5.26 Å². The molecule has 1 aromatic rings. The fourth-order valence-corrected chi connectivity index (χ4v) is 4.57. The minimum atomic E-state index is -0.806. The minimum Gasteiger partial charge on any atom is -0.343 e. The van der Waals surface area contributed by atoms with Crippen molar-refractivity contribution in [3.05, 3.63) is 23.3 Å². The number of amides is 2. The highest BCUT2D eigenvalue weighted by Crippen LogP contribution is 2.33. The first-order chi connectivity index (χ1) is 15.5. The number of hydrogen-bond donors (Lipinski definition) is 2. The summed E-state index contributed by atoms with van der Waals surface area (Å²) in [5.41, 5.74) is 1.17. The van der Waals surface area contributed by atoms with E-state index in [-0.39, 0.29) is 23.1 Å². The minimum absolute atomic E-state index is 0.00687. The Bertz CT molecular complexity index is 1030. The van der Waals surface area contributed by atoms with Crippen molar-refractivity contribution in [2.45, 2.75) is 52.1 Å². The summed E-state index contributed by atoms with van der Waals surface area (Å²) in [4.78, 5) is 35.8. The average Bonchev–Trinajstić information content (AvgIpc) is 2.76. The van der Waals surface area contributed by atoms with Crippen molar-refractivity contribution >= 4 is 23.7 Å². The fourth-order valence-electron chi connectivity index (χ4n) is 4.57. The van der Waals surface area contributed by atoms with E-state index in [4.69, 9.17) is 0 Å². The molecule has 2 N–H and O–H groups in total. The number of likely N-dealkylation sites (N-methyl/N-ethyl adjacent to an activating group) is 1. The third-order valence-corrected chi connectivity index (χ3v) is 6.50. The number of rotatable bonds is 3. The van der Waals surface area contributed by atoms with E-state index < -0.39 is 11.6 Å². The molecule has 1 aromatic heterocycles. The van der Waals surface area contributed by atoms with Crippen molar-refractivity contribution < 1.29 is 9.59 Å². The molecule has 2 fully saturated rings. The van der Waals surface area contributed by atoms with Crippen LogP contribution in [0.15, 0.2) is 11.9 Å². The summed E-state index contributed by atoms with van der Waals surface area (Å²) in [5, 5.41) is 19.2. The number of nitriles is 1. The molecule has 176 valence electrons. The van der Waals surface area contributed by atoms with Crippen LogP contribution < -0.4 is 15.6 Å². The number of carbonyl (C=O) groups is 2. The first kappa shape index (κ1) is 23.0. The van der Waals surface area contributed by atoms with E-state index >= 15 is 0 Å². The van der Waals surface area contributed by atoms with E-state index in [1.165, 1.54) is 0 Å². The number of anilines is 1.